The Labute approximate surface area is 138 Å². The minimum Gasteiger partial charge on any atom is -0.480 e. The molecule has 1 atom stereocenters. The van der Waals surface area contributed by atoms with Crippen LogP contribution >= 0.6 is 0 Å². The van der Waals surface area contributed by atoms with Crippen molar-refractivity contribution in [3.05, 3.63) is 29.8 Å². The summed E-state index contributed by atoms with van der Waals surface area (Å²) in [5.41, 5.74) is -0.271. The topological polar surface area (TPSA) is 84.9 Å². The molecular weight excluding hydrogens is 324 g/mol. The van der Waals surface area contributed by atoms with Crippen molar-refractivity contribution in [2.75, 3.05) is 6.61 Å². The summed E-state index contributed by atoms with van der Waals surface area (Å²) in [6.45, 7) is 2.73. The highest BCUT2D eigenvalue weighted by Gasteiger charge is 2.22. The molecule has 8 heteroatoms. The van der Waals surface area contributed by atoms with Crippen LogP contribution in [-0.2, 0) is 9.53 Å². The summed E-state index contributed by atoms with van der Waals surface area (Å²) in [7, 11) is 0. The molecule has 2 N–H and O–H groups in total. The van der Waals surface area contributed by atoms with Crippen LogP contribution in [0.15, 0.2) is 24.3 Å². The maximum atomic E-state index is 12.1. The molecule has 0 saturated heterocycles. The molecule has 1 amide bonds. The lowest BCUT2D eigenvalue weighted by atomic mass is 10.1. The third kappa shape index (κ3) is 7.36. The van der Waals surface area contributed by atoms with E-state index in [2.05, 4.69) is 10.1 Å². The van der Waals surface area contributed by atoms with Crippen molar-refractivity contribution in [2.24, 2.45) is 0 Å². The summed E-state index contributed by atoms with van der Waals surface area (Å²) in [6, 6.07) is 3.85. The standard InChI is InChI=1S/C16H21F2NO5/c1-16(2,3)23-9-8-12(14(21)22)19-13(20)10-4-6-11(7-5-10)24-15(17)18/h4-7,12,15H,8-9H2,1-3H3,(H,19,20)(H,21,22). The van der Waals surface area contributed by atoms with E-state index in [0.29, 0.717) is 0 Å². The molecule has 0 fully saturated rings. The zero-order valence-corrected chi connectivity index (χ0v) is 13.7. The highest BCUT2D eigenvalue weighted by atomic mass is 19.3. The molecule has 0 saturated carbocycles. The summed E-state index contributed by atoms with van der Waals surface area (Å²) in [4.78, 5) is 23.3. The van der Waals surface area contributed by atoms with E-state index in [-0.39, 0.29) is 24.3 Å². The number of alkyl halides is 2. The molecule has 0 radical (unpaired) electrons. The molecule has 0 aliphatic carbocycles. The molecule has 1 rings (SSSR count). The maximum absolute atomic E-state index is 12.1. The SMILES string of the molecule is CC(C)(C)OCCC(NC(=O)c1ccc(OC(F)F)cc1)C(=O)O. The highest BCUT2D eigenvalue weighted by Crippen LogP contribution is 2.15. The number of carbonyl (C=O) groups is 2. The second-order valence-corrected chi connectivity index (χ2v) is 6.02. The van der Waals surface area contributed by atoms with Crippen molar-refractivity contribution in [2.45, 2.75) is 45.4 Å². The summed E-state index contributed by atoms with van der Waals surface area (Å²) in [5, 5.41) is 11.5. The summed E-state index contributed by atoms with van der Waals surface area (Å²) in [5.74, 6) is -1.89. The van der Waals surface area contributed by atoms with Crippen LogP contribution in [-0.4, -0.2) is 41.8 Å². The van der Waals surface area contributed by atoms with E-state index < -0.39 is 30.1 Å². The molecule has 0 aliphatic heterocycles. The third-order valence-corrected chi connectivity index (χ3v) is 2.89. The first-order valence-corrected chi connectivity index (χ1v) is 7.31. The highest BCUT2D eigenvalue weighted by molar-refractivity contribution is 5.96. The molecule has 0 spiro atoms. The molecule has 1 aromatic rings. The summed E-state index contributed by atoms with van der Waals surface area (Å²) in [6.07, 6.45) is 0.102. The second-order valence-electron chi connectivity index (χ2n) is 6.02. The molecule has 0 heterocycles. The van der Waals surface area contributed by atoms with Crippen molar-refractivity contribution < 1.29 is 33.0 Å². The molecule has 1 unspecified atom stereocenters. The molecule has 1 aromatic carbocycles. The van der Waals surface area contributed by atoms with Gasteiger partial charge in [-0.2, -0.15) is 8.78 Å². The van der Waals surface area contributed by atoms with Crippen LogP contribution in [0.3, 0.4) is 0 Å². The van der Waals surface area contributed by atoms with Crippen molar-refractivity contribution >= 4 is 11.9 Å². The second kappa shape index (κ2) is 8.58. The number of carboxylic acids is 1. The fraction of sp³-hybridized carbons (Fsp3) is 0.500. The average molecular weight is 345 g/mol. The van der Waals surface area contributed by atoms with E-state index in [0.717, 1.165) is 0 Å². The zero-order valence-electron chi connectivity index (χ0n) is 13.7. The van der Waals surface area contributed by atoms with E-state index in [4.69, 9.17) is 9.84 Å². The molecule has 6 nitrogen and oxygen atoms in total. The Kier molecular flexibility index (Phi) is 7.09. The molecular formula is C16H21F2NO5. The van der Waals surface area contributed by atoms with E-state index in [9.17, 15) is 18.4 Å². The van der Waals surface area contributed by atoms with Gasteiger partial charge in [-0.1, -0.05) is 0 Å². The molecule has 24 heavy (non-hydrogen) atoms. The van der Waals surface area contributed by atoms with Gasteiger partial charge in [0.15, 0.2) is 0 Å². The number of halogens is 2. The van der Waals surface area contributed by atoms with Crippen molar-refractivity contribution in [1.82, 2.24) is 5.32 Å². The van der Waals surface area contributed by atoms with Crippen LogP contribution in [0, 0.1) is 0 Å². The molecule has 0 aromatic heterocycles. The lowest BCUT2D eigenvalue weighted by molar-refractivity contribution is -0.140. The number of carbonyl (C=O) groups excluding carboxylic acids is 1. The van der Waals surface area contributed by atoms with Gasteiger partial charge in [-0.25, -0.2) is 4.79 Å². The van der Waals surface area contributed by atoms with Gasteiger partial charge >= 0.3 is 12.6 Å². The summed E-state index contributed by atoms with van der Waals surface area (Å²) < 4.78 is 33.8. The Balaban J connectivity index is 2.63. The Bertz CT molecular complexity index is 555. The number of amides is 1. The van der Waals surface area contributed by atoms with E-state index >= 15 is 0 Å². The molecule has 134 valence electrons. The Morgan fingerprint density at radius 2 is 1.79 bits per heavy atom. The van der Waals surface area contributed by atoms with Gasteiger partial charge in [0.05, 0.1) is 5.60 Å². The lowest BCUT2D eigenvalue weighted by Crippen LogP contribution is -2.42. The van der Waals surface area contributed by atoms with Gasteiger partial charge in [-0.15, -0.1) is 0 Å². The van der Waals surface area contributed by atoms with Crippen LogP contribution < -0.4 is 10.1 Å². The van der Waals surface area contributed by atoms with E-state index in [1.54, 1.807) is 0 Å². The molecule has 0 aliphatic rings. The number of ether oxygens (including phenoxy) is 2. The number of hydrogen-bond acceptors (Lipinski definition) is 4. The van der Waals surface area contributed by atoms with Gasteiger partial charge in [0.1, 0.15) is 11.8 Å². The van der Waals surface area contributed by atoms with E-state index in [1.165, 1.54) is 24.3 Å². The Morgan fingerprint density at radius 1 is 1.21 bits per heavy atom. The van der Waals surface area contributed by atoms with Gasteiger partial charge < -0.3 is 19.9 Å². The van der Waals surface area contributed by atoms with Gasteiger partial charge in [-0.3, -0.25) is 4.79 Å². The van der Waals surface area contributed by atoms with Gasteiger partial charge in [0.2, 0.25) is 0 Å². The van der Waals surface area contributed by atoms with Crippen LogP contribution in [0.2, 0.25) is 0 Å². The van der Waals surface area contributed by atoms with Crippen LogP contribution in [0.25, 0.3) is 0 Å². The van der Waals surface area contributed by atoms with Crippen molar-refractivity contribution in [3.8, 4) is 5.75 Å². The predicted octanol–water partition coefficient (Wildman–Crippen LogP) is 2.68. The number of aliphatic carboxylic acids is 1. The lowest BCUT2D eigenvalue weighted by Gasteiger charge is -2.21. The van der Waals surface area contributed by atoms with Crippen molar-refractivity contribution in [3.63, 3.8) is 0 Å². The van der Waals surface area contributed by atoms with Gasteiger partial charge in [-0.05, 0) is 45.0 Å². The predicted molar refractivity (Wildman–Crippen MR) is 82.3 cm³/mol. The number of carboxylic acid groups (broad SMARTS) is 1. The number of hydrogen-bond donors (Lipinski definition) is 2. The van der Waals surface area contributed by atoms with Crippen LogP contribution in [0.1, 0.15) is 37.6 Å². The van der Waals surface area contributed by atoms with Gasteiger partial charge in [0.25, 0.3) is 5.91 Å². The molecule has 0 bridgehead atoms. The smallest absolute Gasteiger partial charge is 0.387 e. The van der Waals surface area contributed by atoms with Gasteiger partial charge in [0, 0.05) is 18.6 Å². The summed E-state index contributed by atoms with van der Waals surface area (Å²) >= 11 is 0. The number of nitrogens with one attached hydrogen (secondary N) is 1. The first kappa shape index (κ1) is 19.8. The first-order valence-electron chi connectivity index (χ1n) is 7.31. The Hall–Kier alpha value is -2.22. The number of benzene rings is 1. The monoisotopic (exact) mass is 345 g/mol. The van der Waals surface area contributed by atoms with Crippen molar-refractivity contribution in [1.29, 1.82) is 0 Å². The van der Waals surface area contributed by atoms with E-state index in [1.807, 2.05) is 20.8 Å². The first-order chi connectivity index (χ1) is 11.1. The van der Waals surface area contributed by atoms with Crippen LogP contribution in [0.4, 0.5) is 8.78 Å². The average Bonchev–Trinajstić information content (AvgIpc) is 2.44. The zero-order chi connectivity index (χ0) is 18.3. The maximum Gasteiger partial charge on any atom is 0.387 e. The largest absolute Gasteiger partial charge is 0.480 e. The quantitative estimate of drug-likeness (QED) is 0.757. The van der Waals surface area contributed by atoms with Crippen LogP contribution in [0.5, 0.6) is 5.75 Å². The fourth-order valence-electron chi connectivity index (χ4n) is 1.77. The minimum atomic E-state index is -2.95. The fourth-order valence-corrected chi connectivity index (χ4v) is 1.77. The number of rotatable bonds is 8. The minimum absolute atomic E-state index is 0.0880. The normalized spacial score (nSPS) is 12.8. The third-order valence-electron chi connectivity index (χ3n) is 2.89. The Morgan fingerprint density at radius 3 is 2.25 bits per heavy atom.